The molecule has 1 aromatic carbocycles. The second kappa shape index (κ2) is 5.89. The van der Waals surface area contributed by atoms with E-state index in [1.807, 2.05) is 0 Å². The summed E-state index contributed by atoms with van der Waals surface area (Å²) in [5, 5.41) is 32.4. The van der Waals surface area contributed by atoms with E-state index in [1.54, 1.807) is 0 Å². The number of carboxylic acids is 1. The zero-order chi connectivity index (χ0) is 19.1. The molecule has 25 heavy (non-hydrogen) atoms. The van der Waals surface area contributed by atoms with E-state index in [9.17, 15) is 29.6 Å². The number of aromatic hydroxyl groups is 1. The molecular weight excluding hydrogens is 334 g/mol. The molecule has 1 heterocycles. The minimum absolute atomic E-state index is 0.0472. The van der Waals surface area contributed by atoms with Gasteiger partial charge in [0.25, 0.3) is 17.2 Å². The summed E-state index contributed by atoms with van der Waals surface area (Å²) in [7, 11) is 1.28. The molecule has 0 aliphatic carbocycles. The van der Waals surface area contributed by atoms with Crippen molar-refractivity contribution in [2.75, 3.05) is 0 Å². The zero-order valence-corrected chi connectivity index (χ0v) is 13.6. The van der Waals surface area contributed by atoms with Crippen LogP contribution in [0.1, 0.15) is 24.2 Å². The number of aryl methyl sites for hydroxylation is 1. The van der Waals surface area contributed by atoms with Crippen LogP contribution in [-0.2, 0) is 11.8 Å². The van der Waals surface area contributed by atoms with Crippen LogP contribution in [0, 0.1) is 10.1 Å². The summed E-state index contributed by atoms with van der Waals surface area (Å²) in [6, 6.07) is 3.43. The van der Waals surface area contributed by atoms with Crippen LogP contribution < -0.4 is 10.9 Å². The Balaban J connectivity index is 2.69. The summed E-state index contributed by atoms with van der Waals surface area (Å²) < 4.78 is 0.977. The van der Waals surface area contributed by atoms with E-state index < -0.39 is 39.2 Å². The summed E-state index contributed by atoms with van der Waals surface area (Å²) in [5.41, 5.74) is -3.45. The van der Waals surface area contributed by atoms with Crippen molar-refractivity contribution in [3.63, 3.8) is 0 Å². The monoisotopic (exact) mass is 349 g/mol. The molecule has 1 amide bonds. The highest BCUT2D eigenvalue weighted by Gasteiger charge is 2.32. The van der Waals surface area contributed by atoms with Crippen molar-refractivity contribution >= 4 is 28.5 Å². The molecule has 2 aromatic rings. The first kappa shape index (κ1) is 17.9. The van der Waals surface area contributed by atoms with Crippen molar-refractivity contribution in [1.82, 2.24) is 9.88 Å². The number of hydrogen-bond acceptors (Lipinski definition) is 6. The van der Waals surface area contributed by atoms with E-state index in [4.69, 9.17) is 5.11 Å². The van der Waals surface area contributed by atoms with Gasteiger partial charge in [-0.2, -0.15) is 0 Å². The standard InChI is InChI=1S/C15H15N3O7/c1-15(2,14(22)23)16-12(20)10-11(19)8-5-4-7(18(24)25)6-9(8)17(3)13(10)21/h4-6,19H,1-3H3,(H,16,20)(H,22,23). The zero-order valence-electron chi connectivity index (χ0n) is 13.6. The Kier molecular flexibility index (Phi) is 4.22. The minimum atomic E-state index is -1.67. The number of non-ortho nitro benzene ring substituents is 1. The van der Waals surface area contributed by atoms with Crippen molar-refractivity contribution in [2.45, 2.75) is 19.4 Å². The molecule has 2 rings (SSSR count). The van der Waals surface area contributed by atoms with E-state index in [0.29, 0.717) is 0 Å². The highest BCUT2D eigenvalue weighted by atomic mass is 16.6. The predicted molar refractivity (Wildman–Crippen MR) is 86.7 cm³/mol. The van der Waals surface area contributed by atoms with Crippen LogP contribution in [0.3, 0.4) is 0 Å². The third kappa shape index (κ3) is 3.01. The molecule has 3 N–H and O–H groups in total. The summed E-state index contributed by atoms with van der Waals surface area (Å²) in [5.74, 6) is -3.06. The molecule has 0 aliphatic rings. The number of aliphatic carboxylic acids is 1. The fourth-order valence-corrected chi connectivity index (χ4v) is 2.23. The maximum absolute atomic E-state index is 12.4. The highest BCUT2D eigenvalue weighted by Crippen LogP contribution is 2.29. The first-order chi connectivity index (χ1) is 11.5. The van der Waals surface area contributed by atoms with Crippen LogP contribution in [0.15, 0.2) is 23.0 Å². The van der Waals surface area contributed by atoms with E-state index in [0.717, 1.165) is 16.7 Å². The SMILES string of the molecule is Cn1c(=O)c(C(=O)NC(C)(C)C(=O)O)c(O)c2ccc([N+](=O)[O-])cc21. The maximum atomic E-state index is 12.4. The number of carboxylic acid groups (broad SMARTS) is 1. The molecule has 0 saturated heterocycles. The number of carbonyl (C=O) groups is 2. The normalized spacial score (nSPS) is 11.3. The quantitative estimate of drug-likeness (QED) is 0.544. The van der Waals surface area contributed by atoms with Crippen molar-refractivity contribution in [2.24, 2.45) is 7.05 Å². The highest BCUT2D eigenvalue weighted by molar-refractivity contribution is 6.04. The Morgan fingerprint density at radius 2 is 1.92 bits per heavy atom. The smallest absolute Gasteiger partial charge is 0.328 e. The lowest BCUT2D eigenvalue weighted by Gasteiger charge is -2.21. The van der Waals surface area contributed by atoms with Gasteiger partial charge in [-0.05, 0) is 19.9 Å². The van der Waals surface area contributed by atoms with Crippen LogP contribution in [-0.4, -0.2) is 37.1 Å². The van der Waals surface area contributed by atoms with Gasteiger partial charge in [0.15, 0.2) is 0 Å². The van der Waals surface area contributed by atoms with Crippen LogP contribution in [0.4, 0.5) is 5.69 Å². The van der Waals surface area contributed by atoms with Gasteiger partial charge in [0.05, 0.1) is 10.4 Å². The van der Waals surface area contributed by atoms with E-state index in [1.165, 1.54) is 27.0 Å². The molecule has 0 aliphatic heterocycles. The van der Waals surface area contributed by atoms with Crippen LogP contribution >= 0.6 is 0 Å². The minimum Gasteiger partial charge on any atom is -0.506 e. The maximum Gasteiger partial charge on any atom is 0.328 e. The van der Waals surface area contributed by atoms with Crippen LogP contribution in [0.25, 0.3) is 10.9 Å². The number of nitrogens with one attached hydrogen (secondary N) is 1. The largest absolute Gasteiger partial charge is 0.506 e. The number of nitro benzene ring substituents is 1. The van der Waals surface area contributed by atoms with Crippen molar-refractivity contribution in [3.05, 3.63) is 44.2 Å². The number of nitrogens with zero attached hydrogens (tertiary/aromatic N) is 2. The Morgan fingerprint density at radius 1 is 1.32 bits per heavy atom. The van der Waals surface area contributed by atoms with Gasteiger partial charge in [-0.1, -0.05) is 0 Å². The van der Waals surface area contributed by atoms with Gasteiger partial charge in [0.2, 0.25) is 0 Å². The summed E-state index contributed by atoms with van der Waals surface area (Å²) >= 11 is 0. The Bertz CT molecular complexity index is 975. The molecule has 0 atom stereocenters. The number of fused-ring (bicyclic) bond motifs is 1. The number of nitro groups is 1. The van der Waals surface area contributed by atoms with E-state index in [2.05, 4.69) is 5.32 Å². The average Bonchev–Trinajstić information content (AvgIpc) is 2.51. The van der Waals surface area contributed by atoms with Crippen LogP contribution in [0.2, 0.25) is 0 Å². The molecule has 10 nitrogen and oxygen atoms in total. The topological polar surface area (TPSA) is 152 Å². The van der Waals surface area contributed by atoms with Gasteiger partial charge in [-0.25, -0.2) is 4.79 Å². The first-order valence-electron chi connectivity index (χ1n) is 7.03. The number of aromatic nitrogens is 1. The Labute approximate surface area is 140 Å². The fourth-order valence-electron chi connectivity index (χ4n) is 2.23. The molecule has 0 fully saturated rings. The van der Waals surface area contributed by atoms with Gasteiger partial charge >= 0.3 is 5.97 Å². The third-order valence-electron chi connectivity index (χ3n) is 3.75. The summed E-state index contributed by atoms with van der Waals surface area (Å²) in [4.78, 5) is 46.0. The van der Waals surface area contributed by atoms with Gasteiger partial charge < -0.3 is 20.1 Å². The molecule has 0 unspecified atom stereocenters. The van der Waals surface area contributed by atoms with Gasteiger partial charge in [0, 0.05) is 24.6 Å². The number of carbonyl (C=O) groups excluding carboxylic acids is 1. The fraction of sp³-hybridized carbons (Fsp3) is 0.267. The molecule has 1 aromatic heterocycles. The molecule has 0 radical (unpaired) electrons. The average molecular weight is 349 g/mol. The summed E-state index contributed by atoms with van der Waals surface area (Å²) in [6.07, 6.45) is 0. The van der Waals surface area contributed by atoms with Crippen molar-refractivity contribution < 1.29 is 24.7 Å². The molecular formula is C15H15N3O7. The molecule has 10 heteroatoms. The van der Waals surface area contributed by atoms with Gasteiger partial charge in [-0.3, -0.25) is 19.7 Å². The molecule has 0 spiro atoms. The van der Waals surface area contributed by atoms with Crippen LogP contribution in [0.5, 0.6) is 5.75 Å². The summed E-state index contributed by atoms with van der Waals surface area (Å²) in [6.45, 7) is 2.44. The lowest BCUT2D eigenvalue weighted by atomic mass is 10.0. The number of benzene rings is 1. The molecule has 0 bridgehead atoms. The Morgan fingerprint density at radius 3 is 2.44 bits per heavy atom. The lowest BCUT2D eigenvalue weighted by molar-refractivity contribution is -0.384. The second-order valence-corrected chi connectivity index (χ2v) is 5.93. The number of hydrogen-bond donors (Lipinski definition) is 3. The predicted octanol–water partition coefficient (Wildman–Crippen LogP) is 0.745. The second-order valence-electron chi connectivity index (χ2n) is 5.93. The number of amides is 1. The third-order valence-corrected chi connectivity index (χ3v) is 3.75. The lowest BCUT2D eigenvalue weighted by Crippen LogP contribution is -2.50. The first-order valence-corrected chi connectivity index (χ1v) is 7.03. The molecule has 0 saturated carbocycles. The van der Waals surface area contributed by atoms with E-state index >= 15 is 0 Å². The van der Waals surface area contributed by atoms with Crippen molar-refractivity contribution in [3.8, 4) is 5.75 Å². The number of pyridine rings is 1. The van der Waals surface area contributed by atoms with Crippen molar-refractivity contribution in [1.29, 1.82) is 0 Å². The number of rotatable bonds is 4. The van der Waals surface area contributed by atoms with Gasteiger partial charge in [-0.15, -0.1) is 0 Å². The van der Waals surface area contributed by atoms with E-state index in [-0.39, 0.29) is 16.6 Å². The Hall–Kier alpha value is -3.43. The molecule has 132 valence electrons. The van der Waals surface area contributed by atoms with Gasteiger partial charge in [0.1, 0.15) is 16.9 Å².